The van der Waals surface area contributed by atoms with Crippen LogP contribution in [0.25, 0.3) is 22.3 Å². The van der Waals surface area contributed by atoms with Gasteiger partial charge in [0.15, 0.2) is 36.0 Å². The summed E-state index contributed by atoms with van der Waals surface area (Å²) >= 11 is 0. The fourth-order valence-electron chi connectivity index (χ4n) is 13.2. The van der Waals surface area contributed by atoms with Crippen LogP contribution in [0, 0.1) is 0 Å². The Morgan fingerprint density at radius 3 is 2.23 bits per heavy atom. The molecule has 22 heteroatoms. The van der Waals surface area contributed by atoms with Crippen molar-refractivity contribution in [2.45, 2.75) is 177 Å². The number of para-hydroxylation sites is 1. The Kier molecular flexibility index (Phi) is 15.8. The van der Waals surface area contributed by atoms with Crippen LogP contribution in [0.2, 0.25) is 0 Å². The molecule has 14 atom stereocenters. The molecule has 12 rings (SSSR count). The number of benzene rings is 3. The first-order valence-corrected chi connectivity index (χ1v) is 28.5. The fourth-order valence-corrected chi connectivity index (χ4v) is 13.2. The number of carbonyl (C=O) groups excluding carboxylic acids is 5. The molecule has 7 heterocycles. The summed E-state index contributed by atoms with van der Waals surface area (Å²) in [6.45, 7) is 8.96. The van der Waals surface area contributed by atoms with Gasteiger partial charge < -0.3 is 72.9 Å². The number of phenols is 2. The summed E-state index contributed by atoms with van der Waals surface area (Å²) in [6, 6.07) is 16.7. The second-order valence-corrected chi connectivity index (χ2v) is 23.1. The quantitative estimate of drug-likeness (QED) is 0.109. The average Bonchev–Trinajstić information content (AvgIpc) is 1.27. The van der Waals surface area contributed by atoms with Crippen LogP contribution >= 0.6 is 0 Å². The van der Waals surface area contributed by atoms with Gasteiger partial charge in [0.05, 0.1) is 77.3 Å². The van der Waals surface area contributed by atoms with Crippen molar-refractivity contribution in [3.63, 3.8) is 0 Å². The van der Waals surface area contributed by atoms with Crippen LogP contribution in [0.3, 0.4) is 0 Å². The number of pyridine rings is 2. The number of nitrogens with zero attached hydrogens (tertiary/aromatic N) is 3. The van der Waals surface area contributed by atoms with E-state index >= 15 is 0 Å². The number of hydrogen-bond acceptors (Lipinski definition) is 21. The average molecular weight is 1160 g/mol. The van der Waals surface area contributed by atoms with E-state index in [1.165, 1.54) is 31.4 Å². The standard InChI is InChI=1S/C42H53NO15.C20H16N2O4/c1-8-42(51)17-28(33-22(35(42)41(50)52-7)14-23-34(38(33)49)37(48)32-21(36(23)47)10-9-11-26(32)45)56-30-15-24(43(5)6)39(19(3)54-30)58-31-16-27(46)40(20(4)55-31)57-29-13-12-25(44)18(2)53-29;1-2-20(25)14-8-16-17-12(7-11-5-3-4-6-15(11)21-17)9-22(16)18(23)13(14)10-26-19(20)24/h9-11,14,18-20,24,27-31,35,39-40,45-46,49,51H,8,12-13,15-17H2,1-7H3;3-8,25H,2,9-10H2,1H3/t18-,19-,20-,24-,27-,28-,29-,30-,31-,35-,39+,40+,42+;20-/m00/s1. The van der Waals surface area contributed by atoms with Gasteiger partial charge >= 0.3 is 11.9 Å². The molecule has 446 valence electrons. The highest BCUT2D eigenvalue weighted by atomic mass is 16.7. The number of methoxy groups -OCH3 is 1. The van der Waals surface area contributed by atoms with E-state index in [0.717, 1.165) is 22.2 Å². The molecule has 0 saturated carbocycles. The Bertz CT molecular complexity index is 3550. The second kappa shape index (κ2) is 22.5. The summed E-state index contributed by atoms with van der Waals surface area (Å²) < 4.78 is 49.4. The molecule has 3 saturated heterocycles. The summed E-state index contributed by atoms with van der Waals surface area (Å²) in [4.78, 5) is 84.9. The van der Waals surface area contributed by atoms with Gasteiger partial charge in [0.25, 0.3) is 5.56 Å². The number of likely N-dealkylation sites (N-methyl/N-ethyl adjacent to an activating group) is 1. The number of ketones is 3. The number of ether oxygens (including phenoxy) is 8. The van der Waals surface area contributed by atoms with Crippen molar-refractivity contribution in [2.75, 3.05) is 21.2 Å². The van der Waals surface area contributed by atoms with Gasteiger partial charge in [-0.15, -0.1) is 0 Å². The summed E-state index contributed by atoms with van der Waals surface area (Å²) in [7, 11) is 4.91. The molecule has 0 unspecified atom stereocenters. The van der Waals surface area contributed by atoms with Gasteiger partial charge in [-0.3, -0.25) is 24.0 Å². The van der Waals surface area contributed by atoms with E-state index in [1.54, 1.807) is 45.3 Å². The highest BCUT2D eigenvalue weighted by Crippen LogP contribution is 2.54. The third-order valence-corrected chi connectivity index (χ3v) is 17.9. The lowest BCUT2D eigenvalue weighted by atomic mass is 9.67. The first-order valence-electron chi connectivity index (χ1n) is 28.5. The smallest absolute Gasteiger partial charge is 0.343 e. The Hall–Kier alpha value is -6.83. The predicted octanol–water partition coefficient (Wildman–Crippen LogP) is 5.24. The molecule has 0 amide bonds. The number of rotatable bonds is 10. The number of hydrogen-bond donors (Lipinski definition) is 5. The van der Waals surface area contributed by atoms with Crippen LogP contribution in [0.5, 0.6) is 11.5 Å². The van der Waals surface area contributed by atoms with E-state index in [-0.39, 0.29) is 89.5 Å². The van der Waals surface area contributed by atoms with Crippen molar-refractivity contribution in [2.24, 2.45) is 0 Å². The van der Waals surface area contributed by atoms with E-state index in [9.17, 15) is 54.3 Å². The molecule has 84 heavy (non-hydrogen) atoms. The molecule has 2 aliphatic carbocycles. The lowest BCUT2D eigenvalue weighted by Crippen LogP contribution is -2.58. The summed E-state index contributed by atoms with van der Waals surface area (Å²) in [5.41, 5.74) is -0.681. The zero-order valence-corrected chi connectivity index (χ0v) is 47.9. The molecular weight excluding hydrogens is 1090 g/mol. The van der Waals surface area contributed by atoms with E-state index in [4.69, 9.17) is 42.9 Å². The highest BCUT2D eigenvalue weighted by Gasteiger charge is 2.54. The van der Waals surface area contributed by atoms with Crippen LogP contribution < -0.4 is 5.56 Å². The van der Waals surface area contributed by atoms with E-state index in [2.05, 4.69) is 0 Å². The molecule has 0 radical (unpaired) electrons. The van der Waals surface area contributed by atoms with Gasteiger partial charge in [-0.1, -0.05) is 44.2 Å². The maximum absolute atomic E-state index is 13.9. The van der Waals surface area contributed by atoms with Gasteiger partial charge in [-0.25, -0.2) is 9.78 Å². The minimum atomic E-state index is -1.79. The summed E-state index contributed by atoms with van der Waals surface area (Å²) in [5.74, 6) is -5.30. The van der Waals surface area contributed by atoms with Crippen molar-refractivity contribution >= 4 is 40.2 Å². The van der Waals surface area contributed by atoms with Gasteiger partial charge in [-0.2, -0.15) is 0 Å². The van der Waals surface area contributed by atoms with E-state index < -0.39 is 114 Å². The Morgan fingerprint density at radius 1 is 0.821 bits per heavy atom. The summed E-state index contributed by atoms with van der Waals surface area (Å²) in [5, 5.41) is 57.7. The minimum Gasteiger partial charge on any atom is -0.507 e. The number of fused-ring (bicyclic) bond motifs is 8. The van der Waals surface area contributed by atoms with E-state index in [1.807, 2.05) is 49.3 Å². The largest absolute Gasteiger partial charge is 0.507 e. The molecule has 22 nitrogen and oxygen atoms in total. The van der Waals surface area contributed by atoms with Crippen LogP contribution in [0.15, 0.2) is 65.5 Å². The van der Waals surface area contributed by atoms with Crippen LogP contribution in [0.1, 0.15) is 151 Å². The van der Waals surface area contributed by atoms with Crippen molar-refractivity contribution < 1.29 is 87.4 Å². The monoisotopic (exact) mass is 1160 g/mol. The summed E-state index contributed by atoms with van der Waals surface area (Å²) in [6.07, 6.45) is -6.51. The number of aliphatic hydroxyl groups is 3. The third kappa shape index (κ3) is 10.0. The maximum Gasteiger partial charge on any atom is 0.343 e. The third-order valence-electron chi connectivity index (χ3n) is 17.9. The zero-order valence-electron chi connectivity index (χ0n) is 47.9. The number of aromatic hydroxyl groups is 2. The normalized spacial score (nSPS) is 31.4. The van der Waals surface area contributed by atoms with Crippen molar-refractivity contribution in [1.29, 1.82) is 0 Å². The number of phenolic OH excluding ortho intramolecular Hbond substituents is 2. The molecule has 5 N–H and O–H groups in total. The zero-order chi connectivity index (χ0) is 60.0. The number of esters is 2. The first kappa shape index (κ1) is 58.9. The molecule has 3 fully saturated rings. The minimum absolute atomic E-state index is 0.00573. The van der Waals surface area contributed by atoms with Crippen molar-refractivity contribution in [3.05, 3.63) is 121 Å². The lowest BCUT2D eigenvalue weighted by Gasteiger charge is -2.48. The van der Waals surface area contributed by atoms with Crippen molar-refractivity contribution in [3.8, 4) is 22.9 Å². The molecule has 7 aliphatic rings. The first-order chi connectivity index (χ1) is 40.0. The van der Waals surface area contributed by atoms with Crippen LogP contribution in [-0.4, -0.2) is 158 Å². The Labute approximate surface area is 483 Å². The highest BCUT2D eigenvalue weighted by molar-refractivity contribution is 6.30. The molecule has 5 aliphatic heterocycles. The predicted molar refractivity (Wildman–Crippen MR) is 296 cm³/mol. The maximum atomic E-state index is 13.9. The molecule has 5 aromatic rings. The lowest BCUT2D eigenvalue weighted by molar-refractivity contribution is -0.324. The fraction of sp³-hybridized carbons (Fsp3) is 0.500. The molecule has 0 bridgehead atoms. The number of aliphatic hydroxyl groups excluding tert-OH is 1. The Balaban J connectivity index is 0.000000233. The topological polar surface area (TPSA) is 298 Å². The van der Waals surface area contributed by atoms with E-state index in [0.29, 0.717) is 36.2 Å². The van der Waals surface area contributed by atoms with Gasteiger partial charge in [0.1, 0.15) is 42.3 Å². The van der Waals surface area contributed by atoms with Gasteiger partial charge in [0.2, 0.25) is 5.78 Å². The Morgan fingerprint density at radius 2 is 1.54 bits per heavy atom. The SMILES string of the molecule is CC[C@@]1(O)C(=O)OCc2c1cc1n(c2=O)Cc2cc3ccccc3nc2-1.CC[C@@]1(O)C[C@H](O[C@H]2C[C@H](N(C)C)[C@H](O[C@H]3C[C@H](O)[C@H](O[C@H]4CCC(=O)[C@H](C)O4)[C@H](C)O3)[C@H](C)O2)c2c(cc3c(c2O)C(=O)c2c(O)cccc2C3=O)[C@H]1C(=O)OC. The van der Waals surface area contributed by atoms with Crippen LogP contribution in [0.4, 0.5) is 0 Å². The van der Waals surface area contributed by atoms with Gasteiger partial charge in [0, 0.05) is 71.3 Å². The second-order valence-electron chi connectivity index (χ2n) is 23.1. The number of aromatic nitrogens is 2. The van der Waals surface area contributed by atoms with Crippen molar-refractivity contribution in [1.82, 2.24) is 14.5 Å². The number of Topliss-reactive ketones (excluding diaryl/α,β-unsaturated/α-hetero) is 1. The number of cyclic esters (lactones) is 1. The molecular formula is C62H69N3O19. The van der Waals surface area contributed by atoms with Gasteiger partial charge in [-0.05, 0) is 83.6 Å². The molecule has 0 spiro atoms. The molecule has 2 aromatic heterocycles. The van der Waals surface area contributed by atoms with Crippen LogP contribution in [-0.2, 0) is 71.0 Å². The number of carbonyl (C=O) groups is 5. The molecule has 3 aromatic carbocycles.